The number of carbonyl (C=O) groups is 1. The van der Waals surface area contributed by atoms with Crippen molar-refractivity contribution >= 4 is 23.4 Å². The highest BCUT2D eigenvalue weighted by molar-refractivity contribution is 7.13. The first kappa shape index (κ1) is 17.3. The van der Waals surface area contributed by atoms with Crippen molar-refractivity contribution in [1.82, 2.24) is 4.98 Å². The standard InChI is InChI=1S/C21H17NO4S/c1-24-19-9-5-3-7-17(19)20-22-16(13-27-20)12-26-21(23)15-10-14-6-2-4-8-18(14)25-11-15/h2-10,13H,11-12H2,1H3. The Kier molecular flexibility index (Phi) is 4.89. The van der Waals surface area contributed by atoms with Crippen molar-refractivity contribution in [3.05, 3.63) is 70.7 Å². The van der Waals surface area contributed by atoms with Crippen LogP contribution >= 0.6 is 11.3 Å². The molecule has 2 aromatic carbocycles. The number of fused-ring (bicyclic) bond motifs is 1. The van der Waals surface area contributed by atoms with E-state index < -0.39 is 5.97 Å². The van der Waals surface area contributed by atoms with Crippen molar-refractivity contribution in [3.63, 3.8) is 0 Å². The number of hydrogen-bond donors (Lipinski definition) is 0. The van der Waals surface area contributed by atoms with Crippen molar-refractivity contribution in [2.45, 2.75) is 6.61 Å². The molecule has 5 nitrogen and oxygen atoms in total. The van der Waals surface area contributed by atoms with E-state index in [0.29, 0.717) is 11.3 Å². The maximum absolute atomic E-state index is 12.3. The summed E-state index contributed by atoms with van der Waals surface area (Å²) in [6.07, 6.45) is 1.81. The van der Waals surface area contributed by atoms with Gasteiger partial charge in [0.1, 0.15) is 29.7 Å². The molecule has 0 N–H and O–H groups in total. The Morgan fingerprint density at radius 1 is 1.19 bits per heavy atom. The molecule has 0 fully saturated rings. The molecule has 0 saturated heterocycles. The molecule has 6 heteroatoms. The van der Waals surface area contributed by atoms with E-state index in [-0.39, 0.29) is 13.2 Å². The lowest BCUT2D eigenvalue weighted by Gasteiger charge is -2.16. The van der Waals surface area contributed by atoms with Crippen molar-refractivity contribution in [2.24, 2.45) is 0 Å². The van der Waals surface area contributed by atoms with E-state index in [0.717, 1.165) is 27.6 Å². The van der Waals surface area contributed by atoms with E-state index >= 15 is 0 Å². The summed E-state index contributed by atoms with van der Waals surface area (Å²) in [6, 6.07) is 15.3. The SMILES string of the molecule is COc1ccccc1-c1nc(COC(=O)C2=Cc3ccccc3OC2)cs1. The molecule has 0 radical (unpaired) electrons. The second-order valence-corrected chi connectivity index (χ2v) is 6.77. The second kappa shape index (κ2) is 7.63. The number of nitrogens with zero attached hydrogens (tertiary/aromatic N) is 1. The van der Waals surface area contributed by atoms with Crippen LogP contribution in [0.1, 0.15) is 11.3 Å². The average molecular weight is 379 g/mol. The number of esters is 1. The summed E-state index contributed by atoms with van der Waals surface area (Å²) in [5.41, 5.74) is 2.99. The number of ether oxygens (including phenoxy) is 3. The number of aromatic nitrogens is 1. The highest BCUT2D eigenvalue weighted by atomic mass is 32.1. The zero-order chi connectivity index (χ0) is 18.6. The lowest BCUT2D eigenvalue weighted by atomic mass is 10.1. The van der Waals surface area contributed by atoms with E-state index in [1.54, 1.807) is 7.11 Å². The summed E-state index contributed by atoms with van der Waals surface area (Å²) < 4.78 is 16.4. The zero-order valence-corrected chi connectivity index (χ0v) is 15.5. The van der Waals surface area contributed by atoms with Gasteiger partial charge in [0.15, 0.2) is 0 Å². The van der Waals surface area contributed by atoms with Crippen LogP contribution in [-0.4, -0.2) is 24.7 Å². The van der Waals surface area contributed by atoms with E-state index in [1.165, 1.54) is 11.3 Å². The van der Waals surface area contributed by atoms with Crippen molar-refractivity contribution in [2.75, 3.05) is 13.7 Å². The maximum atomic E-state index is 12.3. The first-order chi connectivity index (χ1) is 13.2. The minimum atomic E-state index is -0.392. The monoisotopic (exact) mass is 379 g/mol. The number of thiazole rings is 1. The van der Waals surface area contributed by atoms with Gasteiger partial charge >= 0.3 is 5.97 Å². The molecule has 0 bridgehead atoms. The van der Waals surface area contributed by atoms with Gasteiger partial charge in [-0.25, -0.2) is 9.78 Å². The quantitative estimate of drug-likeness (QED) is 0.617. The van der Waals surface area contributed by atoms with Gasteiger partial charge in [-0.1, -0.05) is 30.3 Å². The van der Waals surface area contributed by atoms with Crippen LogP contribution in [0.5, 0.6) is 11.5 Å². The smallest absolute Gasteiger partial charge is 0.337 e. The third-order valence-corrected chi connectivity index (χ3v) is 5.06. The Hall–Kier alpha value is -3.12. The summed E-state index contributed by atoms with van der Waals surface area (Å²) in [4.78, 5) is 16.9. The average Bonchev–Trinajstić information content (AvgIpc) is 3.20. The molecule has 1 aliphatic heterocycles. The third-order valence-electron chi connectivity index (χ3n) is 4.13. The fourth-order valence-electron chi connectivity index (χ4n) is 2.78. The van der Waals surface area contributed by atoms with Crippen LogP contribution in [0.25, 0.3) is 16.6 Å². The summed E-state index contributed by atoms with van der Waals surface area (Å²) in [6.45, 7) is 0.322. The Morgan fingerprint density at radius 3 is 2.89 bits per heavy atom. The third kappa shape index (κ3) is 3.71. The van der Waals surface area contributed by atoms with Crippen LogP contribution in [-0.2, 0) is 16.1 Å². The molecule has 0 aliphatic carbocycles. The lowest BCUT2D eigenvalue weighted by molar-refractivity contribution is -0.140. The van der Waals surface area contributed by atoms with Gasteiger partial charge in [0, 0.05) is 10.9 Å². The van der Waals surface area contributed by atoms with Crippen LogP contribution in [0, 0.1) is 0 Å². The Labute approximate surface area is 160 Å². The highest BCUT2D eigenvalue weighted by Crippen LogP contribution is 2.32. The van der Waals surface area contributed by atoms with E-state index in [4.69, 9.17) is 14.2 Å². The van der Waals surface area contributed by atoms with Gasteiger partial charge in [0.05, 0.1) is 23.9 Å². The maximum Gasteiger partial charge on any atom is 0.337 e. The molecule has 136 valence electrons. The predicted molar refractivity (Wildman–Crippen MR) is 104 cm³/mol. The molecule has 27 heavy (non-hydrogen) atoms. The molecule has 1 aliphatic rings. The Balaban J connectivity index is 1.43. The van der Waals surface area contributed by atoms with Crippen LogP contribution in [0.15, 0.2) is 59.5 Å². The highest BCUT2D eigenvalue weighted by Gasteiger charge is 2.19. The zero-order valence-electron chi connectivity index (χ0n) is 14.7. The number of rotatable bonds is 5. The van der Waals surface area contributed by atoms with Crippen molar-refractivity contribution < 1.29 is 19.0 Å². The second-order valence-electron chi connectivity index (χ2n) is 5.92. The Bertz CT molecular complexity index is 1010. The molecule has 4 rings (SSSR count). The van der Waals surface area contributed by atoms with Crippen LogP contribution in [0.3, 0.4) is 0 Å². The van der Waals surface area contributed by atoms with Gasteiger partial charge in [0.25, 0.3) is 0 Å². The topological polar surface area (TPSA) is 57.7 Å². The number of benzene rings is 2. The van der Waals surface area contributed by atoms with E-state index in [9.17, 15) is 4.79 Å². The lowest BCUT2D eigenvalue weighted by Crippen LogP contribution is -2.17. The first-order valence-electron chi connectivity index (χ1n) is 8.42. The predicted octanol–water partition coefficient (Wildman–Crippen LogP) is 4.34. The van der Waals surface area contributed by atoms with Crippen LogP contribution in [0.2, 0.25) is 0 Å². The van der Waals surface area contributed by atoms with Crippen LogP contribution in [0.4, 0.5) is 0 Å². The summed E-state index contributed by atoms with van der Waals surface area (Å²) in [5, 5.41) is 2.71. The molecule has 1 aromatic heterocycles. The van der Waals surface area contributed by atoms with Gasteiger partial charge in [0.2, 0.25) is 0 Å². The minimum Gasteiger partial charge on any atom is -0.496 e. The minimum absolute atomic E-state index is 0.115. The van der Waals surface area contributed by atoms with Gasteiger partial charge in [-0.3, -0.25) is 0 Å². The molecular formula is C21H17NO4S. The van der Waals surface area contributed by atoms with Gasteiger partial charge in [-0.05, 0) is 24.3 Å². The number of methoxy groups -OCH3 is 1. The molecule has 3 aromatic rings. The molecule has 0 unspecified atom stereocenters. The van der Waals surface area contributed by atoms with Gasteiger partial charge in [-0.2, -0.15) is 0 Å². The first-order valence-corrected chi connectivity index (χ1v) is 9.30. The molecule has 0 saturated carbocycles. The molecule has 0 atom stereocenters. The molecule has 2 heterocycles. The largest absolute Gasteiger partial charge is 0.496 e. The van der Waals surface area contributed by atoms with E-state index in [1.807, 2.05) is 60.0 Å². The van der Waals surface area contributed by atoms with Gasteiger partial charge in [-0.15, -0.1) is 11.3 Å². The summed E-state index contributed by atoms with van der Waals surface area (Å²) in [7, 11) is 1.63. The fourth-order valence-corrected chi connectivity index (χ4v) is 3.62. The molecule has 0 spiro atoms. The number of hydrogen-bond acceptors (Lipinski definition) is 6. The van der Waals surface area contributed by atoms with Crippen LogP contribution < -0.4 is 9.47 Å². The van der Waals surface area contributed by atoms with Crippen molar-refractivity contribution in [3.8, 4) is 22.1 Å². The summed E-state index contributed by atoms with van der Waals surface area (Å²) >= 11 is 1.49. The summed E-state index contributed by atoms with van der Waals surface area (Å²) in [5.74, 6) is 1.14. The van der Waals surface area contributed by atoms with Gasteiger partial charge < -0.3 is 14.2 Å². The molecular weight excluding hydrogens is 362 g/mol. The van der Waals surface area contributed by atoms with E-state index in [2.05, 4.69) is 4.98 Å². The Morgan fingerprint density at radius 2 is 2.00 bits per heavy atom. The molecule has 0 amide bonds. The fraction of sp³-hybridized carbons (Fsp3) is 0.143. The normalized spacial score (nSPS) is 12.6. The number of carbonyl (C=O) groups excluding carboxylic acids is 1. The number of para-hydroxylation sites is 2. The van der Waals surface area contributed by atoms with Crippen molar-refractivity contribution in [1.29, 1.82) is 0 Å².